The van der Waals surface area contributed by atoms with Crippen molar-refractivity contribution in [1.29, 1.82) is 0 Å². The van der Waals surface area contributed by atoms with Crippen LogP contribution in [-0.2, 0) is 6.42 Å². The van der Waals surface area contributed by atoms with Gasteiger partial charge in [0.25, 0.3) is 0 Å². The molecular formula is C16H27N3. The van der Waals surface area contributed by atoms with Gasteiger partial charge in [0.15, 0.2) is 0 Å². The number of likely N-dealkylation sites (N-methyl/N-ethyl adjacent to an activating group) is 1. The van der Waals surface area contributed by atoms with E-state index in [0.29, 0.717) is 6.04 Å². The van der Waals surface area contributed by atoms with E-state index in [4.69, 9.17) is 5.73 Å². The van der Waals surface area contributed by atoms with Crippen LogP contribution in [0.5, 0.6) is 0 Å². The highest BCUT2D eigenvalue weighted by molar-refractivity contribution is 5.56. The first kappa shape index (κ1) is 14.4. The van der Waals surface area contributed by atoms with Gasteiger partial charge in [-0.2, -0.15) is 0 Å². The molecule has 2 N–H and O–H groups in total. The predicted molar refractivity (Wildman–Crippen MR) is 82.9 cm³/mol. The first-order valence-corrected chi connectivity index (χ1v) is 7.33. The van der Waals surface area contributed by atoms with E-state index in [9.17, 15) is 0 Å². The summed E-state index contributed by atoms with van der Waals surface area (Å²) >= 11 is 0. The third-order valence-electron chi connectivity index (χ3n) is 3.91. The maximum atomic E-state index is 5.77. The van der Waals surface area contributed by atoms with E-state index in [1.54, 1.807) is 0 Å². The maximum absolute atomic E-state index is 5.77. The molecule has 1 aromatic carbocycles. The highest BCUT2D eigenvalue weighted by Gasteiger charge is 2.26. The van der Waals surface area contributed by atoms with Crippen molar-refractivity contribution < 1.29 is 0 Å². The summed E-state index contributed by atoms with van der Waals surface area (Å²) < 4.78 is 0. The van der Waals surface area contributed by atoms with Gasteiger partial charge in [-0.15, -0.1) is 0 Å². The van der Waals surface area contributed by atoms with Crippen molar-refractivity contribution in [1.82, 2.24) is 4.90 Å². The van der Waals surface area contributed by atoms with Gasteiger partial charge in [-0.1, -0.05) is 17.7 Å². The Kier molecular flexibility index (Phi) is 4.83. The Hall–Kier alpha value is -1.06. The van der Waals surface area contributed by atoms with Crippen LogP contribution in [0.1, 0.15) is 24.0 Å². The molecule has 1 fully saturated rings. The predicted octanol–water partition coefficient (Wildman–Crippen LogP) is 2.03. The van der Waals surface area contributed by atoms with Crippen LogP contribution in [-0.4, -0.2) is 44.7 Å². The molecule has 3 heteroatoms. The van der Waals surface area contributed by atoms with Crippen LogP contribution in [0.3, 0.4) is 0 Å². The monoisotopic (exact) mass is 261 g/mol. The molecule has 0 radical (unpaired) electrons. The van der Waals surface area contributed by atoms with E-state index >= 15 is 0 Å². The van der Waals surface area contributed by atoms with Crippen LogP contribution in [0, 0.1) is 6.92 Å². The zero-order valence-corrected chi connectivity index (χ0v) is 12.5. The summed E-state index contributed by atoms with van der Waals surface area (Å²) in [5, 5.41) is 0. The Labute approximate surface area is 117 Å². The normalized spacial score (nSPS) is 19.4. The summed E-state index contributed by atoms with van der Waals surface area (Å²) in [6.07, 6.45) is 3.57. The lowest BCUT2D eigenvalue weighted by Gasteiger charge is -2.31. The Balaban J connectivity index is 2.24. The molecule has 1 heterocycles. The Morgan fingerprint density at radius 3 is 2.84 bits per heavy atom. The number of hydrogen-bond donors (Lipinski definition) is 1. The summed E-state index contributed by atoms with van der Waals surface area (Å²) in [5.74, 6) is 0. The summed E-state index contributed by atoms with van der Waals surface area (Å²) in [6, 6.07) is 7.45. The fourth-order valence-corrected chi connectivity index (χ4v) is 3.11. The van der Waals surface area contributed by atoms with Crippen LogP contribution in [0.4, 0.5) is 5.69 Å². The van der Waals surface area contributed by atoms with E-state index < -0.39 is 0 Å². The summed E-state index contributed by atoms with van der Waals surface area (Å²) in [5.41, 5.74) is 9.91. The van der Waals surface area contributed by atoms with Crippen LogP contribution >= 0.6 is 0 Å². The van der Waals surface area contributed by atoms with Gasteiger partial charge in [0, 0.05) is 24.8 Å². The number of anilines is 1. The molecule has 1 saturated heterocycles. The smallest absolute Gasteiger partial charge is 0.0417 e. The largest absolute Gasteiger partial charge is 0.367 e. The highest BCUT2D eigenvalue weighted by Crippen LogP contribution is 2.30. The first-order chi connectivity index (χ1) is 9.11. The van der Waals surface area contributed by atoms with Crippen molar-refractivity contribution in [3.05, 3.63) is 29.3 Å². The highest BCUT2D eigenvalue weighted by atomic mass is 15.2. The lowest BCUT2D eigenvalue weighted by molar-refractivity contribution is 0.372. The molecule has 0 aliphatic carbocycles. The lowest BCUT2D eigenvalue weighted by Crippen LogP contribution is -2.38. The van der Waals surface area contributed by atoms with Crippen molar-refractivity contribution in [2.24, 2.45) is 5.73 Å². The molecular weight excluding hydrogens is 234 g/mol. The summed E-state index contributed by atoms with van der Waals surface area (Å²) in [6.45, 7) is 5.20. The summed E-state index contributed by atoms with van der Waals surface area (Å²) in [7, 11) is 4.32. The standard InChI is InChI=1S/C16H27N3/c1-13-6-7-16(14(11-13)8-9-17)19-10-4-5-15(19)12-18(2)3/h6-7,11,15H,4-5,8-10,12,17H2,1-3H3. The van der Waals surface area contributed by atoms with Crippen LogP contribution in [0.25, 0.3) is 0 Å². The fraction of sp³-hybridized carbons (Fsp3) is 0.625. The van der Waals surface area contributed by atoms with Gasteiger partial charge >= 0.3 is 0 Å². The average Bonchev–Trinajstić information content (AvgIpc) is 2.77. The van der Waals surface area contributed by atoms with Crippen LogP contribution < -0.4 is 10.6 Å². The molecule has 0 amide bonds. The van der Waals surface area contributed by atoms with Gasteiger partial charge in [-0.3, -0.25) is 0 Å². The molecule has 106 valence electrons. The van der Waals surface area contributed by atoms with Gasteiger partial charge in [-0.25, -0.2) is 0 Å². The Bertz CT molecular complexity index is 414. The lowest BCUT2D eigenvalue weighted by atomic mass is 10.0. The van der Waals surface area contributed by atoms with E-state index in [2.05, 4.69) is 49.0 Å². The second kappa shape index (κ2) is 6.40. The average molecular weight is 261 g/mol. The number of aryl methyl sites for hydroxylation is 1. The molecule has 1 aromatic rings. The number of nitrogens with zero attached hydrogens (tertiary/aromatic N) is 2. The van der Waals surface area contributed by atoms with Crippen molar-refractivity contribution in [3.63, 3.8) is 0 Å². The molecule has 2 rings (SSSR count). The topological polar surface area (TPSA) is 32.5 Å². The molecule has 19 heavy (non-hydrogen) atoms. The first-order valence-electron chi connectivity index (χ1n) is 7.33. The number of nitrogens with two attached hydrogens (primary N) is 1. The molecule has 0 bridgehead atoms. The van der Waals surface area contributed by atoms with Gasteiger partial charge in [0.1, 0.15) is 0 Å². The second-order valence-corrected chi connectivity index (χ2v) is 5.92. The van der Waals surface area contributed by atoms with Crippen molar-refractivity contribution >= 4 is 5.69 Å². The quantitative estimate of drug-likeness (QED) is 0.880. The van der Waals surface area contributed by atoms with Gasteiger partial charge in [0.2, 0.25) is 0 Å². The molecule has 1 unspecified atom stereocenters. The number of rotatable bonds is 5. The molecule has 1 aliphatic rings. The minimum absolute atomic E-state index is 0.647. The number of benzene rings is 1. The van der Waals surface area contributed by atoms with Crippen LogP contribution in [0.2, 0.25) is 0 Å². The van der Waals surface area contributed by atoms with Gasteiger partial charge in [0.05, 0.1) is 0 Å². The van der Waals surface area contributed by atoms with Gasteiger partial charge in [-0.05, 0) is 58.5 Å². The minimum atomic E-state index is 0.647. The van der Waals surface area contributed by atoms with E-state index in [-0.39, 0.29) is 0 Å². The fourth-order valence-electron chi connectivity index (χ4n) is 3.11. The Morgan fingerprint density at radius 1 is 1.37 bits per heavy atom. The SMILES string of the molecule is Cc1ccc(N2CCCC2CN(C)C)c(CCN)c1. The molecule has 1 aliphatic heterocycles. The molecule has 0 aromatic heterocycles. The second-order valence-electron chi connectivity index (χ2n) is 5.92. The zero-order valence-electron chi connectivity index (χ0n) is 12.5. The van der Waals surface area contributed by atoms with Crippen molar-refractivity contribution in [2.75, 3.05) is 38.6 Å². The number of hydrogen-bond acceptors (Lipinski definition) is 3. The van der Waals surface area contributed by atoms with Crippen molar-refractivity contribution in [3.8, 4) is 0 Å². The maximum Gasteiger partial charge on any atom is 0.0417 e. The van der Waals surface area contributed by atoms with E-state index in [1.165, 1.54) is 36.2 Å². The zero-order chi connectivity index (χ0) is 13.8. The van der Waals surface area contributed by atoms with E-state index in [0.717, 1.165) is 19.5 Å². The Morgan fingerprint density at radius 2 is 2.16 bits per heavy atom. The van der Waals surface area contributed by atoms with Crippen molar-refractivity contribution in [2.45, 2.75) is 32.2 Å². The third kappa shape index (κ3) is 3.48. The minimum Gasteiger partial charge on any atom is -0.367 e. The summed E-state index contributed by atoms with van der Waals surface area (Å²) in [4.78, 5) is 4.88. The van der Waals surface area contributed by atoms with Gasteiger partial charge < -0.3 is 15.5 Å². The molecule has 3 nitrogen and oxygen atoms in total. The molecule has 0 saturated carbocycles. The van der Waals surface area contributed by atoms with E-state index in [1.807, 2.05) is 0 Å². The van der Waals surface area contributed by atoms with Crippen LogP contribution in [0.15, 0.2) is 18.2 Å². The molecule has 1 atom stereocenters. The third-order valence-corrected chi connectivity index (χ3v) is 3.91. The molecule has 0 spiro atoms.